The van der Waals surface area contributed by atoms with E-state index in [0.717, 1.165) is 24.8 Å². The van der Waals surface area contributed by atoms with Gasteiger partial charge in [0.1, 0.15) is 5.69 Å². The zero-order valence-electron chi connectivity index (χ0n) is 15.5. The molecule has 1 aliphatic rings. The minimum absolute atomic E-state index is 0.214. The number of nitrogens with zero attached hydrogens (tertiary/aromatic N) is 3. The number of sulfone groups is 1. The molecule has 144 valence electrons. The summed E-state index contributed by atoms with van der Waals surface area (Å²) in [7, 11) is -3.30. The number of anilines is 1. The predicted molar refractivity (Wildman–Crippen MR) is 103 cm³/mol. The van der Waals surface area contributed by atoms with Gasteiger partial charge in [0.05, 0.1) is 4.90 Å². The summed E-state index contributed by atoms with van der Waals surface area (Å²) >= 11 is 0. The van der Waals surface area contributed by atoms with Crippen molar-refractivity contribution in [1.82, 2.24) is 9.78 Å². The number of amides is 1. The molecule has 8 heteroatoms. The van der Waals surface area contributed by atoms with Crippen molar-refractivity contribution in [2.45, 2.75) is 44.0 Å². The van der Waals surface area contributed by atoms with Gasteiger partial charge in [-0.05, 0) is 49.1 Å². The van der Waals surface area contributed by atoms with Crippen LogP contribution in [0, 0.1) is 0 Å². The molecule has 1 aliphatic heterocycles. The van der Waals surface area contributed by atoms with Gasteiger partial charge in [-0.15, -0.1) is 0 Å². The van der Waals surface area contributed by atoms with Gasteiger partial charge in [0.25, 0.3) is 11.5 Å². The number of carbonyl (C=O) groups is 1. The largest absolute Gasteiger partial charge is 0.307 e. The van der Waals surface area contributed by atoms with Crippen molar-refractivity contribution in [3.63, 3.8) is 0 Å². The third-order valence-electron chi connectivity index (χ3n) is 4.65. The lowest BCUT2D eigenvalue weighted by atomic mass is 10.0. The molecule has 0 N–H and O–H groups in total. The topological polar surface area (TPSA) is 89.3 Å². The second-order valence-electron chi connectivity index (χ2n) is 6.76. The molecule has 0 bridgehead atoms. The van der Waals surface area contributed by atoms with E-state index in [0.29, 0.717) is 25.2 Å². The fourth-order valence-electron chi connectivity index (χ4n) is 3.18. The highest BCUT2D eigenvalue weighted by Crippen LogP contribution is 2.30. The van der Waals surface area contributed by atoms with Crippen molar-refractivity contribution in [2.75, 3.05) is 17.7 Å². The first-order valence-electron chi connectivity index (χ1n) is 9.04. The second kappa shape index (κ2) is 7.64. The molecule has 0 spiro atoms. The zero-order valence-corrected chi connectivity index (χ0v) is 16.3. The fourth-order valence-corrected chi connectivity index (χ4v) is 3.86. The molecule has 3 rings (SSSR count). The second-order valence-corrected chi connectivity index (χ2v) is 8.77. The van der Waals surface area contributed by atoms with Crippen LogP contribution in [0.25, 0.3) is 0 Å². The maximum atomic E-state index is 13.0. The number of hydrogen-bond acceptors (Lipinski definition) is 5. The van der Waals surface area contributed by atoms with Gasteiger partial charge in [0.15, 0.2) is 9.84 Å². The van der Waals surface area contributed by atoms with Crippen molar-refractivity contribution in [3.05, 3.63) is 51.9 Å². The summed E-state index contributed by atoms with van der Waals surface area (Å²) in [5.74, 6) is -0.284. The van der Waals surface area contributed by atoms with Crippen LogP contribution in [0.1, 0.15) is 42.2 Å². The van der Waals surface area contributed by atoms with E-state index >= 15 is 0 Å². The maximum absolute atomic E-state index is 13.0. The van der Waals surface area contributed by atoms with Crippen LogP contribution in [0.5, 0.6) is 0 Å². The molecule has 0 atom stereocenters. The van der Waals surface area contributed by atoms with Crippen molar-refractivity contribution in [2.24, 2.45) is 0 Å². The summed E-state index contributed by atoms with van der Waals surface area (Å²) in [6.45, 7) is 3.03. The van der Waals surface area contributed by atoms with Gasteiger partial charge in [-0.2, -0.15) is 5.10 Å². The van der Waals surface area contributed by atoms with E-state index in [1.807, 2.05) is 6.92 Å². The molecule has 1 aromatic carbocycles. The van der Waals surface area contributed by atoms with Gasteiger partial charge in [0.2, 0.25) is 0 Å². The van der Waals surface area contributed by atoms with E-state index < -0.39 is 9.84 Å². The van der Waals surface area contributed by atoms with Gasteiger partial charge in [-0.3, -0.25) is 9.59 Å². The Bertz CT molecular complexity index is 1030. The van der Waals surface area contributed by atoms with Gasteiger partial charge in [-0.1, -0.05) is 13.3 Å². The van der Waals surface area contributed by atoms with Crippen LogP contribution >= 0.6 is 0 Å². The van der Waals surface area contributed by atoms with Crippen LogP contribution in [0.4, 0.5) is 5.69 Å². The Kier molecular flexibility index (Phi) is 5.46. The number of carbonyl (C=O) groups excluding carboxylic acids is 1. The molecule has 7 nitrogen and oxygen atoms in total. The molecule has 0 radical (unpaired) electrons. The van der Waals surface area contributed by atoms with Crippen LogP contribution in [-0.2, 0) is 22.8 Å². The number of fused-ring (bicyclic) bond motifs is 1. The lowest BCUT2D eigenvalue weighted by Gasteiger charge is -2.29. The molecule has 1 amide bonds. The van der Waals surface area contributed by atoms with Gasteiger partial charge < -0.3 is 4.90 Å². The number of benzene rings is 1. The number of unbranched alkanes of at least 4 members (excludes halogenated alkanes) is 1. The molecule has 2 aromatic rings. The first-order valence-corrected chi connectivity index (χ1v) is 10.9. The summed E-state index contributed by atoms with van der Waals surface area (Å²) in [5.41, 5.74) is 1.52. The van der Waals surface area contributed by atoms with Crippen LogP contribution in [0.15, 0.2) is 40.0 Å². The molecule has 1 aromatic heterocycles. The van der Waals surface area contributed by atoms with Crippen molar-refractivity contribution in [1.29, 1.82) is 0 Å². The maximum Gasteiger partial charge on any atom is 0.278 e. The molecule has 0 aliphatic carbocycles. The van der Waals surface area contributed by atoms with Gasteiger partial charge in [-0.25, -0.2) is 13.1 Å². The quantitative estimate of drug-likeness (QED) is 0.781. The summed E-state index contributed by atoms with van der Waals surface area (Å²) < 4.78 is 24.9. The summed E-state index contributed by atoms with van der Waals surface area (Å²) in [6.07, 6.45) is 4.36. The first-order chi connectivity index (χ1) is 12.8. The van der Waals surface area contributed by atoms with E-state index in [1.165, 1.54) is 29.1 Å². The van der Waals surface area contributed by atoms with Gasteiger partial charge >= 0.3 is 0 Å². The standard InChI is InChI=1S/C19H23N3O4S/c1-3-4-12-22-18(23)10-8-16(20-22)19(24)21-11-5-6-14-13-15(27(2,25)26)7-9-17(14)21/h7-10,13H,3-6,11-12H2,1-2H3. The summed E-state index contributed by atoms with van der Waals surface area (Å²) in [4.78, 5) is 26.8. The highest BCUT2D eigenvalue weighted by molar-refractivity contribution is 7.90. The number of aromatic nitrogens is 2. The summed E-state index contributed by atoms with van der Waals surface area (Å²) in [5, 5.41) is 4.23. The van der Waals surface area contributed by atoms with E-state index in [9.17, 15) is 18.0 Å². The van der Waals surface area contributed by atoms with E-state index in [1.54, 1.807) is 17.0 Å². The molecule has 0 saturated carbocycles. The average Bonchev–Trinajstić information content (AvgIpc) is 2.65. The number of rotatable bonds is 5. The minimum Gasteiger partial charge on any atom is -0.307 e. The van der Waals surface area contributed by atoms with Crippen molar-refractivity contribution in [3.8, 4) is 0 Å². The molecular weight excluding hydrogens is 366 g/mol. The van der Waals surface area contributed by atoms with Crippen LogP contribution in [0.2, 0.25) is 0 Å². The van der Waals surface area contributed by atoms with E-state index in [-0.39, 0.29) is 22.1 Å². The number of hydrogen-bond donors (Lipinski definition) is 0. The molecular formula is C19H23N3O4S. The number of aryl methyl sites for hydroxylation is 2. The SMILES string of the molecule is CCCCn1nc(C(=O)N2CCCc3cc(S(C)(=O)=O)ccc32)ccc1=O. The average molecular weight is 389 g/mol. The third-order valence-corrected chi connectivity index (χ3v) is 5.76. The van der Waals surface area contributed by atoms with E-state index in [4.69, 9.17) is 0 Å². The molecule has 0 unspecified atom stereocenters. The van der Waals surface area contributed by atoms with E-state index in [2.05, 4.69) is 5.10 Å². The Balaban J connectivity index is 1.94. The lowest BCUT2D eigenvalue weighted by Crippen LogP contribution is -2.37. The Morgan fingerprint density at radius 3 is 2.70 bits per heavy atom. The van der Waals surface area contributed by atoms with Crippen molar-refractivity contribution >= 4 is 21.4 Å². The Hall–Kier alpha value is -2.48. The van der Waals surface area contributed by atoms with Crippen LogP contribution < -0.4 is 10.5 Å². The highest BCUT2D eigenvalue weighted by Gasteiger charge is 2.26. The van der Waals surface area contributed by atoms with Gasteiger partial charge in [0, 0.05) is 31.1 Å². The Morgan fingerprint density at radius 1 is 1.22 bits per heavy atom. The molecule has 0 fully saturated rings. The van der Waals surface area contributed by atoms with Crippen molar-refractivity contribution < 1.29 is 13.2 Å². The first kappa shape index (κ1) is 19.3. The minimum atomic E-state index is -3.30. The predicted octanol–water partition coefficient (Wildman–Crippen LogP) is 2.04. The molecule has 0 saturated heterocycles. The zero-order chi connectivity index (χ0) is 19.6. The lowest BCUT2D eigenvalue weighted by molar-refractivity contribution is 0.0977. The van der Waals surface area contributed by atoms with Crippen LogP contribution in [0.3, 0.4) is 0 Å². The fraction of sp³-hybridized carbons (Fsp3) is 0.421. The molecule has 27 heavy (non-hydrogen) atoms. The Morgan fingerprint density at radius 2 is 2.00 bits per heavy atom. The smallest absolute Gasteiger partial charge is 0.278 e. The summed E-state index contributed by atoms with van der Waals surface area (Å²) in [6, 6.07) is 7.66. The van der Waals surface area contributed by atoms with Crippen LogP contribution in [-0.4, -0.2) is 36.9 Å². The normalized spacial score (nSPS) is 14.1. The molecule has 2 heterocycles. The highest BCUT2D eigenvalue weighted by atomic mass is 32.2. The monoisotopic (exact) mass is 389 g/mol. The third kappa shape index (κ3) is 4.10. The Labute approximate surface area is 158 Å².